The van der Waals surface area contributed by atoms with E-state index >= 15 is 0 Å². The molecule has 0 spiro atoms. The molecule has 0 aliphatic rings. The second-order valence-electron chi connectivity index (χ2n) is 4.93. The molecule has 0 aliphatic heterocycles. The first kappa shape index (κ1) is 13.9. The lowest BCUT2D eigenvalue weighted by atomic mass is 10.2. The summed E-state index contributed by atoms with van der Waals surface area (Å²) in [7, 11) is 0. The van der Waals surface area contributed by atoms with Crippen LogP contribution in [0.2, 0.25) is 5.15 Å². The first-order chi connectivity index (χ1) is 10.1. The Labute approximate surface area is 128 Å². The summed E-state index contributed by atoms with van der Waals surface area (Å²) in [5, 5.41) is 4.98. The summed E-state index contributed by atoms with van der Waals surface area (Å²) in [5.41, 5.74) is 3.58. The first-order valence-corrected chi connectivity index (χ1v) is 7.22. The predicted octanol–water partition coefficient (Wildman–Crippen LogP) is 3.62. The number of rotatable bonds is 4. The second kappa shape index (κ2) is 5.74. The summed E-state index contributed by atoms with van der Waals surface area (Å²) in [4.78, 5) is 4.54. The second-order valence-corrected chi connectivity index (χ2v) is 5.29. The maximum atomic E-state index is 6.45. The van der Waals surface area contributed by atoms with Crippen molar-refractivity contribution in [3.8, 4) is 5.75 Å². The van der Waals surface area contributed by atoms with E-state index < -0.39 is 0 Å². The minimum atomic E-state index is 0.554. The Hall–Kier alpha value is -2.07. The fraction of sp³-hybridized carbons (Fsp3) is 0.250. The molecule has 0 fully saturated rings. The van der Waals surface area contributed by atoms with Crippen molar-refractivity contribution in [3.05, 3.63) is 58.5 Å². The number of benzene rings is 1. The number of ether oxygens (including phenoxy) is 1. The van der Waals surface area contributed by atoms with Crippen LogP contribution in [0.4, 0.5) is 0 Å². The Morgan fingerprint density at radius 3 is 2.71 bits per heavy atom. The largest absolute Gasteiger partial charge is 0.493 e. The predicted molar refractivity (Wildman–Crippen MR) is 83.1 cm³/mol. The number of fused-ring (bicyclic) bond motifs is 1. The van der Waals surface area contributed by atoms with Crippen molar-refractivity contribution < 1.29 is 4.74 Å². The van der Waals surface area contributed by atoms with Crippen molar-refractivity contribution in [2.75, 3.05) is 6.61 Å². The Morgan fingerprint density at radius 1 is 1.19 bits per heavy atom. The molecule has 21 heavy (non-hydrogen) atoms. The molecule has 0 bridgehead atoms. The molecule has 3 rings (SSSR count). The van der Waals surface area contributed by atoms with Gasteiger partial charge in [-0.25, -0.2) is 9.50 Å². The molecule has 0 aliphatic carbocycles. The Kier molecular flexibility index (Phi) is 3.80. The minimum absolute atomic E-state index is 0.554. The molecule has 3 aromatic rings. The van der Waals surface area contributed by atoms with Crippen molar-refractivity contribution >= 4 is 17.2 Å². The lowest BCUT2D eigenvalue weighted by Gasteiger charge is -2.10. The molecule has 0 amide bonds. The highest BCUT2D eigenvalue weighted by Crippen LogP contribution is 2.21. The van der Waals surface area contributed by atoms with Gasteiger partial charge in [0.15, 0.2) is 5.65 Å². The van der Waals surface area contributed by atoms with Gasteiger partial charge in [0, 0.05) is 23.7 Å². The SMILES string of the molecule is Cc1cc2nc(C)c(CCOc3ccccc3)c(Cl)n2n1. The van der Waals surface area contributed by atoms with Gasteiger partial charge in [0.25, 0.3) is 0 Å². The van der Waals surface area contributed by atoms with Gasteiger partial charge < -0.3 is 4.74 Å². The van der Waals surface area contributed by atoms with Gasteiger partial charge in [-0.1, -0.05) is 29.8 Å². The van der Waals surface area contributed by atoms with E-state index in [-0.39, 0.29) is 0 Å². The normalized spacial score (nSPS) is 11.0. The van der Waals surface area contributed by atoms with E-state index in [1.165, 1.54) is 0 Å². The van der Waals surface area contributed by atoms with Crippen LogP contribution in [-0.4, -0.2) is 21.2 Å². The highest BCUT2D eigenvalue weighted by molar-refractivity contribution is 6.30. The molecule has 0 saturated heterocycles. The van der Waals surface area contributed by atoms with Crippen LogP contribution in [0.25, 0.3) is 5.65 Å². The van der Waals surface area contributed by atoms with Crippen molar-refractivity contribution in [3.63, 3.8) is 0 Å². The summed E-state index contributed by atoms with van der Waals surface area (Å²) >= 11 is 6.45. The quantitative estimate of drug-likeness (QED) is 0.691. The number of nitrogens with zero attached hydrogens (tertiary/aromatic N) is 3. The lowest BCUT2D eigenvalue weighted by molar-refractivity contribution is 0.321. The molecule has 0 N–H and O–H groups in total. The number of hydrogen-bond donors (Lipinski definition) is 0. The molecular weight excluding hydrogens is 286 g/mol. The highest BCUT2D eigenvalue weighted by atomic mass is 35.5. The molecule has 4 nitrogen and oxygen atoms in total. The molecule has 0 atom stereocenters. The van der Waals surface area contributed by atoms with Crippen LogP contribution >= 0.6 is 11.6 Å². The molecule has 0 unspecified atom stereocenters. The van der Waals surface area contributed by atoms with Gasteiger partial charge in [-0.05, 0) is 26.0 Å². The number of aromatic nitrogens is 3. The zero-order valence-electron chi connectivity index (χ0n) is 12.0. The van der Waals surface area contributed by atoms with Crippen LogP contribution in [0.1, 0.15) is 17.0 Å². The van der Waals surface area contributed by atoms with Crippen LogP contribution < -0.4 is 4.74 Å². The highest BCUT2D eigenvalue weighted by Gasteiger charge is 2.12. The third-order valence-corrected chi connectivity index (χ3v) is 3.72. The third-order valence-electron chi connectivity index (χ3n) is 3.33. The topological polar surface area (TPSA) is 39.4 Å². The van der Waals surface area contributed by atoms with Gasteiger partial charge in [0.1, 0.15) is 10.9 Å². The van der Waals surface area contributed by atoms with Gasteiger partial charge in [-0.15, -0.1) is 0 Å². The standard InChI is InChI=1S/C16H16ClN3O/c1-11-10-15-18-12(2)14(16(17)20(15)19-11)8-9-21-13-6-4-3-5-7-13/h3-7,10H,8-9H2,1-2H3. The monoisotopic (exact) mass is 301 g/mol. The first-order valence-electron chi connectivity index (χ1n) is 6.84. The minimum Gasteiger partial charge on any atom is -0.493 e. The Bertz CT molecular complexity index is 768. The number of aryl methyl sites for hydroxylation is 2. The van der Waals surface area contributed by atoms with Gasteiger partial charge in [-0.2, -0.15) is 5.10 Å². The zero-order valence-corrected chi connectivity index (χ0v) is 12.8. The molecule has 1 aromatic carbocycles. The summed E-state index contributed by atoms with van der Waals surface area (Å²) in [6.45, 7) is 4.45. The Morgan fingerprint density at radius 2 is 1.95 bits per heavy atom. The molecular formula is C16H16ClN3O. The lowest BCUT2D eigenvalue weighted by Crippen LogP contribution is -2.07. The van der Waals surface area contributed by atoms with Crippen LogP contribution in [0.5, 0.6) is 5.75 Å². The van der Waals surface area contributed by atoms with Gasteiger partial charge in [0.05, 0.1) is 12.3 Å². The number of hydrogen-bond acceptors (Lipinski definition) is 3. The van der Waals surface area contributed by atoms with E-state index in [0.29, 0.717) is 18.2 Å². The summed E-state index contributed by atoms with van der Waals surface area (Å²) in [5.74, 6) is 0.857. The van der Waals surface area contributed by atoms with Crippen LogP contribution in [-0.2, 0) is 6.42 Å². The van der Waals surface area contributed by atoms with Gasteiger partial charge in [0.2, 0.25) is 0 Å². The third kappa shape index (κ3) is 2.85. The van der Waals surface area contributed by atoms with E-state index in [4.69, 9.17) is 16.3 Å². The van der Waals surface area contributed by atoms with Crippen LogP contribution in [0.15, 0.2) is 36.4 Å². The van der Waals surface area contributed by atoms with Crippen molar-refractivity contribution in [1.29, 1.82) is 0 Å². The molecule has 2 aromatic heterocycles. The van der Waals surface area contributed by atoms with Gasteiger partial charge >= 0.3 is 0 Å². The van der Waals surface area contributed by atoms with Crippen molar-refractivity contribution in [1.82, 2.24) is 14.6 Å². The molecule has 5 heteroatoms. The van der Waals surface area contributed by atoms with E-state index in [2.05, 4.69) is 10.1 Å². The molecule has 0 radical (unpaired) electrons. The molecule has 0 saturated carbocycles. The van der Waals surface area contributed by atoms with E-state index in [1.54, 1.807) is 4.52 Å². The number of halogens is 1. The van der Waals surface area contributed by atoms with Gasteiger partial charge in [-0.3, -0.25) is 0 Å². The van der Waals surface area contributed by atoms with Crippen LogP contribution in [0.3, 0.4) is 0 Å². The molecule has 108 valence electrons. The summed E-state index contributed by atoms with van der Waals surface area (Å²) in [6, 6.07) is 11.7. The summed E-state index contributed by atoms with van der Waals surface area (Å²) < 4.78 is 7.40. The average Bonchev–Trinajstić information content (AvgIpc) is 2.84. The van der Waals surface area contributed by atoms with E-state index in [0.717, 1.165) is 28.3 Å². The molecule has 2 heterocycles. The smallest absolute Gasteiger partial charge is 0.157 e. The van der Waals surface area contributed by atoms with Crippen LogP contribution in [0, 0.1) is 13.8 Å². The maximum absolute atomic E-state index is 6.45. The average molecular weight is 302 g/mol. The zero-order chi connectivity index (χ0) is 14.8. The van der Waals surface area contributed by atoms with Crippen molar-refractivity contribution in [2.24, 2.45) is 0 Å². The van der Waals surface area contributed by atoms with E-state index in [1.807, 2.05) is 50.2 Å². The fourth-order valence-corrected chi connectivity index (χ4v) is 2.65. The maximum Gasteiger partial charge on any atom is 0.157 e. The fourth-order valence-electron chi connectivity index (χ4n) is 2.30. The number of para-hydroxylation sites is 1. The van der Waals surface area contributed by atoms with E-state index in [9.17, 15) is 0 Å². The van der Waals surface area contributed by atoms with Crippen molar-refractivity contribution in [2.45, 2.75) is 20.3 Å². The summed E-state index contributed by atoms with van der Waals surface area (Å²) in [6.07, 6.45) is 0.696. The Balaban J connectivity index is 1.80.